The van der Waals surface area contributed by atoms with Gasteiger partial charge in [-0.15, -0.1) is 0 Å². The average molecular weight is 347 g/mol. The van der Waals surface area contributed by atoms with Crippen LogP contribution in [0.2, 0.25) is 0 Å². The van der Waals surface area contributed by atoms with Gasteiger partial charge in [-0.1, -0.05) is 28.1 Å². The van der Waals surface area contributed by atoms with Crippen molar-refractivity contribution in [2.24, 2.45) is 0 Å². The van der Waals surface area contributed by atoms with E-state index in [0.717, 1.165) is 4.47 Å². The Labute approximate surface area is 126 Å². The zero-order valence-corrected chi connectivity index (χ0v) is 12.9. The molecule has 0 saturated carbocycles. The summed E-state index contributed by atoms with van der Waals surface area (Å²) in [4.78, 5) is 0. The molecule has 1 fully saturated rings. The number of aliphatic hydroxyl groups excluding tert-OH is 3. The topological polar surface area (TPSA) is 79.2 Å². The molecule has 0 amide bonds. The van der Waals surface area contributed by atoms with E-state index in [1.54, 1.807) is 26.0 Å². The fourth-order valence-corrected chi connectivity index (χ4v) is 2.58. The third-order valence-electron chi connectivity index (χ3n) is 3.25. The lowest BCUT2D eigenvalue weighted by atomic mass is 9.98. The number of rotatable bonds is 4. The van der Waals surface area contributed by atoms with Gasteiger partial charge in [0, 0.05) is 4.47 Å². The van der Waals surface area contributed by atoms with Crippen molar-refractivity contribution in [2.75, 3.05) is 6.61 Å². The van der Waals surface area contributed by atoms with Crippen LogP contribution in [0.5, 0.6) is 0 Å². The maximum Gasteiger partial charge on any atom is 0.164 e. The molecule has 20 heavy (non-hydrogen) atoms. The van der Waals surface area contributed by atoms with Gasteiger partial charge in [0.1, 0.15) is 24.4 Å². The maximum absolute atomic E-state index is 10.4. The minimum Gasteiger partial charge on any atom is -0.394 e. The molecule has 1 aromatic rings. The summed E-state index contributed by atoms with van der Waals surface area (Å²) < 4.78 is 12.2. The van der Waals surface area contributed by atoms with Crippen molar-refractivity contribution in [1.29, 1.82) is 0 Å². The highest BCUT2D eigenvalue weighted by atomic mass is 79.9. The molecule has 1 saturated heterocycles. The number of hydrogen-bond donors (Lipinski definition) is 3. The van der Waals surface area contributed by atoms with Crippen LogP contribution in [0, 0.1) is 0 Å². The molecular formula is C14H19BrO5. The van der Waals surface area contributed by atoms with E-state index in [-0.39, 0.29) is 0 Å². The molecule has 1 heterocycles. The molecule has 6 heteroatoms. The van der Waals surface area contributed by atoms with E-state index in [1.807, 2.05) is 12.1 Å². The Kier molecular flexibility index (Phi) is 4.84. The molecule has 0 radical (unpaired) electrons. The van der Waals surface area contributed by atoms with Gasteiger partial charge < -0.3 is 24.8 Å². The molecule has 0 spiro atoms. The van der Waals surface area contributed by atoms with Crippen LogP contribution < -0.4 is 0 Å². The highest BCUT2D eigenvalue weighted by Gasteiger charge is 2.48. The molecular weight excluding hydrogens is 328 g/mol. The number of halogens is 1. The molecule has 112 valence electrons. The van der Waals surface area contributed by atoms with E-state index < -0.39 is 36.8 Å². The van der Waals surface area contributed by atoms with Gasteiger partial charge in [0.25, 0.3) is 0 Å². The summed E-state index contributed by atoms with van der Waals surface area (Å²) in [7, 11) is 0. The number of ether oxygens (including phenoxy) is 2. The fourth-order valence-electron chi connectivity index (χ4n) is 2.31. The summed E-state index contributed by atoms with van der Waals surface area (Å²) in [5, 5.41) is 29.4. The van der Waals surface area contributed by atoms with Crippen molar-refractivity contribution in [2.45, 2.75) is 44.1 Å². The van der Waals surface area contributed by atoms with Crippen LogP contribution in [-0.2, 0) is 9.47 Å². The fraction of sp³-hybridized carbons (Fsp3) is 0.571. The van der Waals surface area contributed by atoms with Crippen LogP contribution in [-0.4, -0.2) is 46.0 Å². The molecule has 1 aliphatic rings. The predicted octanol–water partition coefficient (Wildman–Crippen LogP) is 1.36. The van der Waals surface area contributed by atoms with E-state index in [0.29, 0.717) is 5.56 Å². The molecule has 5 nitrogen and oxygen atoms in total. The summed E-state index contributed by atoms with van der Waals surface area (Å²) >= 11 is 3.33. The second kappa shape index (κ2) is 6.09. The Balaban J connectivity index is 2.22. The first-order valence-electron chi connectivity index (χ1n) is 6.42. The molecule has 1 aromatic carbocycles. The summed E-state index contributed by atoms with van der Waals surface area (Å²) in [6, 6.07) is 7.17. The van der Waals surface area contributed by atoms with Crippen LogP contribution in [0.15, 0.2) is 28.7 Å². The SMILES string of the molecule is CC1(C)O[C@H]([C@H](O)CO)[C@H](C(O)c2ccc(Br)cc2)O1. The van der Waals surface area contributed by atoms with Crippen LogP contribution in [0.4, 0.5) is 0 Å². The summed E-state index contributed by atoms with van der Waals surface area (Å²) in [6.45, 7) is 2.96. The van der Waals surface area contributed by atoms with Gasteiger partial charge in [-0.2, -0.15) is 0 Å². The first kappa shape index (κ1) is 15.9. The van der Waals surface area contributed by atoms with Gasteiger partial charge in [0.15, 0.2) is 5.79 Å². The van der Waals surface area contributed by atoms with Crippen molar-refractivity contribution in [3.05, 3.63) is 34.3 Å². The largest absolute Gasteiger partial charge is 0.394 e. The highest BCUT2D eigenvalue weighted by molar-refractivity contribution is 9.10. The first-order valence-corrected chi connectivity index (χ1v) is 7.21. The smallest absolute Gasteiger partial charge is 0.164 e. The standard InChI is InChI=1S/C14H19BrO5/c1-14(2)19-12(10(17)7-16)13(20-14)11(18)8-3-5-9(15)6-4-8/h3-6,10-13,16-18H,7H2,1-2H3/t10-,11?,12-,13+/m1/s1. The summed E-state index contributed by atoms with van der Waals surface area (Å²) in [5.74, 6) is -0.915. The number of hydrogen-bond acceptors (Lipinski definition) is 5. The third kappa shape index (κ3) is 3.39. The monoisotopic (exact) mass is 346 g/mol. The molecule has 0 bridgehead atoms. The van der Waals surface area contributed by atoms with E-state index >= 15 is 0 Å². The van der Waals surface area contributed by atoms with Gasteiger partial charge in [0.05, 0.1) is 6.61 Å². The highest BCUT2D eigenvalue weighted by Crippen LogP contribution is 2.36. The zero-order valence-electron chi connectivity index (χ0n) is 11.4. The lowest BCUT2D eigenvalue weighted by Crippen LogP contribution is -2.40. The maximum atomic E-state index is 10.4. The van der Waals surface area contributed by atoms with E-state index in [9.17, 15) is 10.2 Å². The lowest BCUT2D eigenvalue weighted by Gasteiger charge is -2.25. The van der Waals surface area contributed by atoms with Crippen molar-refractivity contribution >= 4 is 15.9 Å². The predicted molar refractivity (Wildman–Crippen MR) is 76.0 cm³/mol. The van der Waals surface area contributed by atoms with Crippen LogP contribution >= 0.6 is 15.9 Å². The quantitative estimate of drug-likeness (QED) is 0.767. The van der Waals surface area contributed by atoms with Gasteiger partial charge in [-0.05, 0) is 31.5 Å². The van der Waals surface area contributed by atoms with E-state index in [4.69, 9.17) is 14.6 Å². The zero-order chi connectivity index (χ0) is 14.9. The lowest BCUT2D eigenvalue weighted by molar-refractivity contribution is -0.162. The normalized spacial score (nSPS) is 28.3. The van der Waals surface area contributed by atoms with Crippen molar-refractivity contribution in [3.63, 3.8) is 0 Å². The third-order valence-corrected chi connectivity index (χ3v) is 3.78. The molecule has 4 atom stereocenters. The Morgan fingerprint density at radius 3 is 2.25 bits per heavy atom. The second-order valence-corrected chi connectivity index (χ2v) is 6.23. The second-order valence-electron chi connectivity index (χ2n) is 5.31. The van der Waals surface area contributed by atoms with Crippen molar-refractivity contribution < 1.29 is 24.8 Å². The minimum absolute atomic E-state index is 0.451. The Morgan fingerprint density at radius 1 is 1.15 bits per heavy atom. The summed E-state index contributed by atoms with van der Waals surface area (Å²) in [5.41, 5.74) is 0.662. The van der Waals surface area contributed by atoms with Gasteiger partial charge in [-0.25, -0.2) is 0 Å². The molecule has 3 N–H and O–H groups in total. The Hall–Kier alpha value is -0.500. The van der Waals surface area contributed by atoms with Gasteiger partial charge in [-0.3, -0.25) is 0 Å². The van der Waals surface area contributed by atoms with Gasteiger partial charge >= 0.3 is 0 Å². The molecule has 0 aliphatic carbocycles. The molecule has 1 aliphatic heterocycles. The Morgan fingerprint density at radius 2 is 1.70 bits per heavy atom. The minimum atomic E-state index is -1.10. The van der Waals surface area contributed by atoms with Crippen LogP contribution in [0.25, 0.3) is 0 Å². The number of aliphatic hydroxyl groups is 3. The van der Waals surface area contributed by atoms with Crippen molar-refractivity contribution in [3.8, 4) is 0 Å². The molecule has 2 rings (SSSR count). The average Bonchev–Trinajstić information content (AvgIpc) is 2.74. The van der Waals surface area contributed by atoms with Crippen LogP contribution in [0.3, 0.4) is 0 Å². The van der Waals surface area contributed by atoms with E-state index in [2.05, 4.69) is 15.9 Å². The van der Waals surface area contributed by atoms with Crippen LogP contribution in [0.1, 0.15) is 25.5 Å². The Bertz CT molecular complexity index is 447. The molecule has 0 aromatic heterocycles. The molecule has 1 unspecified atom stereocenters. The van der Waals surface area contributed by atoms with E-state index in [1.165, 1.54) is 0 Å². The van der Waals surface area contributed by atoms with Crippen molar-refractivity contribution in [1.82, 2.24) is 0 Å². The number of benzene rings is 1. The first-order chi connectivity index (χ1) is 9.34. The van der Waals surface area contributed by atoms with Gasteiger partial charge in [0.2, 0.25) is 0 Å². The summed E-state index contributed by atoms with van der Waals surface area (Å²) in [6.07, 6.45) is -3.58.